The van der Waals surface area contributed by atoms with E-state index in [0.717, 1.165) is 21.0 Å². The molecule has 0 aliphatic carbocycles. The Kier molecular flexibility index (Phi) is 2.99. The number of furan rings is 1. The summed E-state index contributed by atoms with van der Waals surface area (Å²) in [6.45, 7) is 1.92. The van der Waals surface area contributed by atoms with Gasteiger partial charge >= 0.3 is 0 Å². The van der Waals surface area contributed by atoms with E-state index in [2.05, 4.69) is 15.9 Å². The molecule has 94 valence electrons. The lowest BCUT2D eigenvalue weighted by atomic mass is 10.0. The SMILES string of the molecule is Cc1cc(Br)ccc1C(=O)c1cc2ccccc2o1. The average molecular weight is 315 g/mol. The van der Waals surface area contributed by atoms with Crippen molar-refractivity contribution < 1.29 is 9.21 Å². The summed E-state index contributed by atoms with van der Waals surface area (Å²) in [5.74, 6) is 0.299. The van der Waals surface area contributed by atoms with Crippen LogP contribution in [0.3, 0.4) is 0 Å². The van der Waals surface area contributed by atoms with Crippen molar-refractivity contribution in [1.29, 1.82) is 0 Å². The fourth-order valence-electron chi connectivity index (χ4n) is 2.11. The Morgan fingerprint density at radius 3 is 2.63 bits per heavy atom. The molecule has 0 atom stereocenters. The Bertz CT molecular complexity index is 738. The Labute approximate surface area is 119 Å². The van der Waals surface area contributed by atoms with Gasteiger partial charge in [-0.25, -0.2) is 0 Å². The van der Waals surface area contributed by atoms with E-state index in [9.17, 15) is 4.79 Å². The minimum atomic E-state index is -0.0822. The molecule has 0 aliphatic rings. The molecular weight excluding hydrogens is 304 g/mol. The summed E-state index contributed by atoms with van der Waals surface area (Å²) in [5, 5.41) is 0.945. The van der Waals surface area contributed by atoms with E-state index >= 15 is 0 Å². The van der Waals surface area contributed by atoms with E-state index in [1.54, 1.807) is 6.07 Å². The van der Waals surface area contributed by atoms with E-state index in [-0.39, 0.29) is 5.78 Å². The zero-order valence-electron chi connectivity index (χ0n) is 10.3. The fraction of sp³-hybridized carbons (Fsp3) is 0.0625. The van der Waals surface area contributed by atoms with Crippen LogP contribution >= 0.6 is 15.9 Å². The van der Waals surface area contributed by atoms with Crippen LogP contribution in [0.2, 0.25) is 0 Å². The molecule has 0 bridgehead atoms. The third-order valence-electron chi connectivity index (χ3n) is 3.08. The Morgan fingerprint density at radius 2 is 1.89 bits per heavy atom. The van der Waals surface area contributed by atoms with Gasteiger partial charge in [0.05, 0.1) is 0 Å². The highest BCUT2D eigenvalue weighted by atomic mass is 79.9. The van der Waals surface area contributed by atoms with Crippen LogP contribution in [-0.4, -0.2) is 5.78 Å². The van der Waals surface area contributed by atoms with Crippen LogP contribution in [0.5, 0.6) is 0 Å². The number of hydrogen-bond acceptors (Lipinski definition) is 2. The number of para-hydroxylation sites is 1. The summed E-state index contributed by atoms with van der Waals surface area (Å²) in [6, 6.07) is 15.0. The van der Waals surface area contributed by atoms with Gasteiger partial charge in [-0.3, -0.25) is 4.79 Å². The van der Waals surface area contributed by atoms with E-state index in [1.165, 1.54) is 0 Å². The standard InChI is InChI=1S/C16H11BrO2/c1-10-8-12(17)6-7-13(10)16(18)15-9-11-4-2-3-5-14(11)19-15/h2-9H,1H3. The summed E-state index contributed by atoms with van der Waals surface area (Å²) in [7, 11) is 0. The van der Waals surface area contributed by atoms with Crippen molar-refractivity contribution in [3.05, 3.63) is 69.9 Å². The molecule has 0 saturated heterocycles. The molecule has 3 aromatic rings. The number of benzene rings is 2. The summed E-state index contributed by atoms with van der Waals surface area (Å²) < 4.78 is 6.57. The Balaban J connectivity index is 2.08. The molecule has 2 aromatic carbocycles. The topological polar surface area (TPSA) is 30.2 Å². The van der Waals surface area contributed by atoms with Crippen LogP contribution in [0.4, 0.5) is 0 Å². The molecule has 1 heterocycles. The molecule has 3 heteroatoms. The van der Waals surface area contributed by atoms with Crippen molar-refractivity contribution in [1.82, 2.24) is 0 Å². The zero-order valence-corrected chi connectivity index (χ0v) is 11.9. The minimum Gasteiger partial charge on any atom is -0.453 e. The van der Waals surface area contributed by atoms with Gasteiger partial charge in [-0.05, 0) is 42.8 Å². The monoisotopic (exact) mass is 314 g/mol. The maximum Gasteiger partial charge on any atom is 0.228 e. The fourth-order valence-corrected chi connectivity index (χ4v) is 2.58. The number of ketones is 1. The number of carbonyl (C=O) groups excluding carboxylic acids is 1. The van der Waals surface area contributed by atoms with E-state index < -0.39 is 0 Å². The molecule has 0 N–H and O–H groups in total. The van der Waals surface area contributed by atoms with E-state index in [4.69, 9.17) is 4.42 Å². The number of hydrogen-bond donors (Lipinski definition) is 0. The zero-order chi connectivity index (χ0) is 13.4. The molecule has 1 aromatic heterocycles. The predicted octanol–water partition coefficient (Wildman–Crippen LogP) is 4.73. The molecule has 0 amide bonds. The van der Waals surface area contributed by atoms with Crippen molar-refractivity contribution in [3.63, 3.8) is 0 Å². The van der Waals surface area contributed by atoms with Gasteiger partial charge in [0.1, 0.15) is 5.58 Å². The molecule has 0 saturated carbocycles. The molecule has 0 spiro atoms. The number of fused-ring (bicyclic) bond motifs is 1. The van der Waals surface area contributed by atoms with Crippen LogP contribution in [0.1, 0.15) is 21.7 Å². The van der Waals surface area contributed by atoms with Crippen molar-refractivity contribution in [2.75, 3.05) is 0 Å². The van der Waals surface area contributed by atoms with Crippen LogP contribution in [-0.2, 0) is 0 Å². The first-order chi connectivity index (χ1) is 9.15. The van der Waals surface area contributed by atoms with Gasteiger partial charge in [0.25, 0.3) is 0 Å². The lowest BCUT2D eigenvalue weighted by molar-refractivity contribution is 0.101. The van der Waals surface area contributed by atoms with Gasteiger partial charge in [-0.1, -0.05) is 34.1 Å². The Morgan fingerprint density at radius 1 is 1.11 bits per heavy atom. The lowest BCUT2D eigenvalue weighted by Crippen LogP contribution is -2.02. The third-order valence-corrected chi connectivity index (χ3v) is 3.58. The second kappa shape index (κ2) is 4.67. The summed E-state index contributed by atoms with van der Waals surface area (Å²) >= 11 is 3.40. The van der Waals surface area contributed by atoms with Gasteiger partial charge < -0.3 is 4.42 Å². The second-order valence-electron chi connectivity index (χ2n) is 4.44. The molecule has 0 aliphatic heterocycles. The quantitative estimate of drug-likeness (QED) is 0.640. The lowest BCUT2D eigenvalue weighted by Gasteiger charge is -2.03. The first-order valence-electron chi connectivity index (χ1n) is 5.94. The van der Waals surface area contributed by atoms with Crippen LogP contribution in [0.15, 0.2) is 57.4 Å². The highest BCUT2D eigenvalue weighted by Gasteiger charge is 2.16. The number of carbonyl (C=O) groups is 1. The first kappa shape index (κ1) is 12.2. The molecular formula is C16H11BrO2. The van der Waals surface area contributed by atoms with Crippen molar-refractivity contribution in [2.24, 2.45) is 0 Å². The molecule has 19 heavy (non-hydrogen) atoms. The molecule has 2 nitrogen and oxygen atoms in total. The molecule has 3 rings (SSSR count). The van der Waals surface area contributed by atoms with Crippen molar-refractivity contribution in [3.8, 4) is 0 Å². The smallest absolute Gasteiger partial charge is 0.228 e. The first-order valence-corrected chi connectivity index (χ1v) is 6.74. The number of aryl methyl sites for hydroxylation is 1. The highest BCUT2D eigenvalue weighted by molar-refractivity contribution is 9.10. The van der Waals surface area contributed by atoms with Gasteiger partial charge in [-0.2, -0.15) is 0 Å². The minimum absolute atomic E-state index is 0.0822. The van der Waals surface area contributed by atoms with E-state index in [1.807, 2.05) is 49.4 Å². The molecule has 0 fully saturated rings. The van der Waals surface area contributed by atoms with Crippen LogP contribution in [0.25, 0.3) is 11.0 Å². The number of rotatable bonds is 2. The van der Waals surface area contributed by atoms with Crippen molar-refractivity contribution in [2.45, 2.75) is 6.92 Å². The molecule has 0 radical (unpaired) electrons. The second-order valence-corrected chi connectivity index (χ2v) is 5.35. The molecule has 0 unspecified atom stereocenters. The van der Waals surface area contributed by atoms with Crippen LogP contribution in [0, 0.1) is 6.92 Å². The maximum absolute atomic E-state index is 12.4. The maximum atomic E-state index is 12.4. The largest absolute Gasteiger partial charge is 0.453 e. The van der Waals surface area contributed by atoms with Gasteiger partial charge in [0.15, 0.2) is 5.76 Å². The van der Waals surface area contributed by atoms with Gasteiger partial charge in [0, 0.05) is 15.4 Å². The van der Waals surface area contributed by atoms with E-state index in [0.29, 0.717) is 11.3 Å². The Hall–Kier alpha value is -1.87. The van der Waals surface area contributed by atoms with Gasteiger partial charge in [-0.15, -0.1) is 0 Å². The summed E-state index contributed by atoms with van der Waals surface area (Å²) in [5.41, 5.74) is 2.34. The van der Waals surface area contributed by atoms with Crippen LogP contribution < -0.4 is 0 Å². The average Bonchev–Trinajstić information content (AvgIpc) is 2.81. The normalized spacial score (nSPS) is 10.8. The van der Waals surface area contributed by atoms with Crippen molar-refractivity contribution >= 4 is 32.7 Å². The third kappa shape index (κ3) is 2.22. The number of halogens is 1. The van der Waals surface area contributed by atoms with Gasteiger partial charge in [0.2, 0.25) is 5.78 Å². The predicted molar refractivity (Wildman–Crippen MR) is 78.5 cm³/mol. The summed E-state index contributed by atoms with van der Waals surface area (Å²) in [4.78, 5) is 12.4. The summed E-state index contributed by atoms with van der Waals surface area (Å²) in [6.07, 6.45) is 0. The highest BCUT2D eigenvalue weighted by Crippen LogP contribution is 2.23.